The highest BCUT2D eigenvalue weighted by Crippen LogP contribution is 2.11. The first-order chi connectivity index (χ1) is 6.34. The highest BCUT2D eigenvalue weighted by Gasteiger charge is 1.99. The Bertz CT molecular complexity index is 243. The summed E-state index contributed by atoms with van der Waals surface area (Å²) in [6.45, 7) is 1.31. The molecular weight excluding hydrogens is 210 g/mol. The number of ether oxygens (including phenoxy) is 1. The van der Waals surface area contributed by atoms with E-state index in [0.29, 0.717) is 19.1 Å². The van der Waals surface area contributed by atoms with Crippen molar-refractivity contribution >= 4 is 23.4 Å². The van der Waals surface area contributed by atoms with Gasteiger partial charge in [0.25, 0.3) is 0 Å². The minimum absolute atomic E-state index is 0.550. The van der Waals surface area contributed by atoms with E-state index >= 15 is 0 Å². The molecule has 13 heavy (non-hydrogen) atoms. The molecule has 0 unspecified atom stereocenters. The number of halogens is 1. The maximum absolute atomic E-state index is 5.45. The van der Waals surface area contributed by atoms with Crippen LogP contribution in [0, 0.1) is 0 Å². The molecule has 0 saturated heterocycles. The summed E-state index contributed by atoms with van der Waals surface area (Å²) in [7, 11) is 1.87. The summed E-state index contributed by atoms with van der Waals surface area (Å²) < 4.78 is 6.95. The van der Waals surface area contributed by atoms with Crippen LogP contribution in [0.1, 0.15) is 0 Å². The van der Waals surface area contributed by atoms with Crippen LogP contribution in [-0.4, -0.2) is 39.6 Å². The predicted molar refractivity (Wildman–Crippen MR) is 53.3 cm³/mol. The molecule has 0 aliphatic rings. The molecule has 0 atom stereocenters. The van der Waals surface area contributed by atoms with Gasteiger partial charge in [-0.15, -0.1) is 11.6 Å². The van der Waals surface area contributed by atoms with Crippen LogP contribution < -0.4 is 0 Å². The summed E-state index contributed by atoms with van der Waals surface area (Å²) in [5.74, 6) is 1.43. The van der Waals surface area contributed by atoms with Gasteiger partial charge in [0.2, 0.25) is 0 Å². The normalized spacial score (nSPS) is 10.6. The monoisotopic (exact) mass is 221 g/mol. The minimum Gasteiger partial charge on any atom is -0.379 e. The van der Waals surface area contributed by atoms with Gasteiger partial charge in [0.05, 0.1) is 13.2 Å². The van der Waals surface area contributed by atoms with Gasteiger partial charge in [-0.25, -0.2) is 9.67 Å². The maximum Gasteiger partial charge on any atom is 0.185 e. The summed E-state index contributed by atoms with van der Waals surface area (Å²) in [5.41, 5.74) is 0. The number of alkyl halides is 1. The van der Waals surface area contributed by atoms with Gasteiger partial charge in [-0.3, -0.25) is 0 Å². The molecule has 0 amide bonds. The Morgan fingerprint density at radius 1 is 1.62 bits per heavy atom. The molecule has 1 rings (SSSR count). The van der Waals surface area contributed by atoms with Gasteiger partial charge in [-0.2, -0.15) is 5.10 Å². The maximum atomic E-state index is 5.45. The molecule has 0 fully saturated rings. The van der Waals surface area contributed by atoms with E-state index in [1.165, 1.54) is 0 Å². The zero-order valence-corrected chi connectivity index (χ0v) is 9.01. The van der Waals surface area contributed by atoms with Crippen LogP contribution in [0.15, 0.2) is 11.5 Å². The summed E-state index contributed by atoms with van der Waals surface area (Å²) in [5, 5.41) is 4.87. The predicted octanol–water partition coefficient (Wildman–Crippen LogP) is 1.16. The van der Waals surface area contributed by atoms with Crippen molar-refractivity contribution in [3.05, 3.63) is 6.33 Å². The van der Waals surface area contributed by atoms with E-state index in [2.05, 4.69) is 10.1 Å². The average molecular weight is 222 g/mol. The average Bonchev–Trinajstić information content (AvgIpc) is 2.52. The number of aryl methyl sites for hydroxylation is 1. The van der Waals surface area contributed by atoms with E-state index in [1.807, 2.05) is 7.05 Å². The van der Waals surface area contributed by atoms with Crippen molar-refractivity contribution in [2.75, 3.05) is 24.8 Å². The van der Waals surface area contributed by atoms with Gasteiger partial charge in [0.15, 0.2) is 5.16 Å². The summed E-state index contributed by atoms with van der Waals surface area (Å²) >= 11 is 7.07. The van der Waals surface area contributed by atoms with Crippen LogP contribution in [0.25, 0.3) is 0 Å². The van der Waals surface area contributed by atoms with Crippen molar-refractivity contribution in [1.82, 2.24) is 14.8 Å². The fourth-order valence-electron chi connectivity index (χ4n) is 0.765. The molecule has 1 heterocycles. The molecule has 0 N–H and O–H groups in total. The van der Waals surface area contributed by atoms with Crippen LogP contribution in [0.3, 0.4) is 0 Å². The van der Waals surface area contributed by atoms with Crippen LogP contribution >= 0.6 is 23.4 Å². The Kier molecular flexibility index (Phi) is 5.19. The molecule has 74 valence electrons. The molecule has 0 aromatic carbocycles. The first-order valence-electron chi connectivity index (χ1n) is 3.95. The first kappa shape index (κ1) is 10.8. The lowest BCUT2D eigenvalue weighted by Crippen LogP contribution is -2.01. The van der Waals surface area contributed by atoms with Crippen molar-refractivity contribution in [3.63, 3.8) is 0 Å². The molecule has 0 saturated carbocycles. The van der Waals surface area contributed by atoms with Crippen molar-refractivity contribution in [2.45, 2.75) is 5.16 Å². The summed E-state index contributed by atoms with van der Waals surface area (Å²) in [6, 6.07) is 0. The van der Waals surface area contributed by atoms with Crippen LogP contribution in [0.5, 0.6) is 0 Å². The van der Waals surface area contributed by atoms with Crippen LogP contribution in [0.2, 0.25) is 0 Å². The zero-order valence-electron chi connectivity index (χ0n) is 7.44. The molecule has 0 aliphatic heterocycles. The summed E-state index contributed by atoms with van der Waals surface area (Å²) in [4.78, 5) is 4.07. The molecule has 0 aliphatic carbocycles. The van der Waals surface area contributed by atoms with Gasteiger partial charge < -0.3 is 4.74 Å². The number of nitrogens with zero attached hydrogens (tertiary/aromatic N) is 3. The number of thioether (sulfide) groups is 1. The molecule has 6 heteroatoms. The highest BCUT2D eigenvalue weighted by atomic mass is 35.5. The van der Waals surface area contributed by atoms with Crippen molar-refractivity contribution < 1.29 is 4.74 Å². The third-order valence-corrected chi connectivity index (χ3v) is 2.50. The van der Waals surface area contributed by atoms with Gasteiger partial charge in [0.1, 0.15) is 6.33 Å². The Balaban J connectivity index is 2.10. The van der Waals surface area contributed by atoms with E-state index < -0.39 is 0 Å². The number of aromatic nitrogens is 3. The Morgan fingerprint density at radius 3 is 3.08 bits per heavy atom. The Hall–Kier alpha value is -0.260. The number of hydrogen-bond donors (Lipinski definition) is 0. The lowest BCUT2D eigenvalue weighted by Gasteiger charge is -2.00. The fraction of sp³-hybridized carbons (Fsp3) is 0.714. The smallest absolute Gasteiger partial charge is 0.185 e. The van der Waals surface area contributed by atoms with E-state index in [4.69, 9.17) is 16.3 Å². The van der Waals surface area contributed by atoms with Crippen LogP contribution in [-0.2, 0) is 11.8 Å². The second-order valence-corrected chi connectivity index (χ2v) is 3.76. The Labute approximate surface area is 86.6 Å². The fourth-order valence-corrected chi connectivity index (χ4v) is 1.61. The molecule has 1 aromatic heterocycles. The van der Waals surface area contributed by atoms with Crippen molar-refractivity contribution in [1.29, 1.82) is 0 Å². The zero-order chi connectivity index (χ0) is 9.52. The highest BCUT2D eigenvalue weighted by molar-refractivity contribution is 7.99. The van der Waals surface area contributed by atoms with Gasteiger partial charge in [0, 0.05) is 18.7 Å². The Morgan fingerprint density at radius 2 is 2.46 bits per heavy atom. The minimum atomic E-state index is 0.550. The molecule has 0 spiro atoms. The molecular formula is C7H12ClN3OS. The standard InChI is InChI=1S/C7H12ClN3OS/c1-11-7(9-6-10-11)13-5-4-12-3-2-8/h6H,2-5H2,1H3. The topological polar surface area (TPSA) is 39.9 Å². The molecule has 0 radical (unpaired) electrons. The number of rotatable bonds is 6. The SMILES string of the molecule is Cn1ncnc1SCCOCCCl. The lowest BCUT2D eigenvalue weighted by atomic mass is 10.8. The third-order valence-electron chi connectivity index (χ3n) is 1.35. The van der Waals surface area contributed by atoms with Crippen molar-refractivity contribution in [2.24, 2.45) is 7.05 Å². The molecule has 4 nitrogen and oxygen atoms in total. The van der Waals surface area contributed by atoms with Gasteiger partial charge in [-0.05, 0) is 0 Å². The van der Waals surface area contributed by atoms with E-state index in [9.17, 15) is 0 Å². The first-order valence-corrected chi connectivity index (χ1v) is 5.47. The largest absolute Gasteiger partial charge is 0.379 e. The van der Waals surface area contributed by atoms with E-state index in [-0.39, 0.29) is 0 Å². The van der Waals surface area contributed by atoms with Crippen molar-refractivity contribution in [3.8, 4) is 0 Å². The third kappa shape index (κ3) is 3.97. The lowest BCUT2D eigenvalue weighted by molar-refractivity contribution is 0.166. The van der Waals surface area contributed by atoms with E-state index in [0.717, 1.165) is 10.9 Å². The summed E-state index contributed by atoms with van der Waals surface area (Å²) in [6.07, 6.45) is 1.54. The molecule has 0 bridgehead atoms. The van der Waals surface area contributed by atoms with Gasteiger partial charge in [-0.1, -0.05) is 11.8 Å². The second-order valence-electron chi connectivity index (χ2n) is 2.32. The number of hydrogen-bond acceptors (Lipinski definition) is 4. The second kappa shape index (κ2) is 6.23. The quantitative estimate of drug-likeness (QED) is 0.411. The van der Waals surface area contributed by atoms with Gasteiger partial charge >= 0.3 is 0 Å². The van der Waals surface area contributed by atoms with Crippen LogP contribution in [0.4, 0.5) is 0 Å². The van der Waals surface area contributed by atoms with E-state index in [1.54, 1.807) is 22.8 Å². The molecule has 1 aromatic rings.